The molecule has 30 heavy (non-hydrogen) atoms. The molecule has 0 bridgehead atoms. The lowest BCUT2D eigenvalue weighted by molar-refractivity contribution is -0.158. The molecule has 11 heteroatoms. The number of carbonyl (C=O) groups excluding carboxylic acids is 1. The van der Waals surface area contributed by atoms with Crippen molar-refractivity contribution in [1.82, 2.24) is 19.9 Å². The van der Waals surface area contributed by atoms with Crippen molar-refractivity contribution in [2.75, 3.05) is 0 Å². The minimum atomic E-state index is -4.66. The fraction of sp³-hybridized carbons (Fsp3) is 0.263. The summed E-state index contributed by atoms with van der Waals surface area (Å²) in [6.45, 7) is 0. The first-order valence-electron chi connectivity index (χ1n) is 8.87. The highest BCUT2D eigenvalue weighted by molar-refractivity contribution is 6.29. The lowest BCUT2D eigenvalue weighted by atomic mass is 10.1. The van der Waals surface area contributed by atoms with Gasteiger partial charge in [0, 0.05) is 12.4 Å². The molecule has 1 amide bonds. The normalized spacial score (nSPS) is 15.2. The van der Waals surface area contributed by atoms with E-state index in [1.165, 1.54) is 24.4 Å². The maximum Gasteiger partial charge on any atom is 0.408 e. The first-order chi connectivity index (χ1) is 14.2. The van der Waals surface area contributed by atoms with Crippen LogP contribution in [-0.4, -0.2) is 32.7 Å². The summed E-state index contributed by atoms with van der Waals surface area (Å²) in [7, 11) is 0. The Morgan fingerprint density at radius 2 is 2.00 bits per heavy atom. The molecule has 3 aromatic rings. The van der Waals surface area contributed by atoms with Crippen LogP contribution in [0.3, 0.4) is 0 Å². The number of amides is 1. The first kappa shape index (κ1) is 20.3. The smallest absolute Gasteiger partial charge is 0.340 e. The van der Waals surface area contributed by atoms with Gasteiger partial charge in [-0.05, 0) is 43.0 Å². The van der Waals surface area contributed by atoms with Gasteiger partial charge in [0.2, 0.25) is 5.43 Å². The highest BCUT2D eigenvalue weighted by atomic mass is 35.5. The maximum absolute atomic E-state index is 14.3. The molecule has 0 aromatic carbocycles. The van der Waals surface area contributed by atoms with E-state index in [-0.39, 0.29) is 22.0 Å². The lowest BCUT2D eigenvalue weighted by Gasteiger charge is -2.21. The molecule has 0 unspecified atom stereocenters. The number of hydrogen-bond donors (Lipinski definition) is 1. The highest BCUT2D eigenvalue weighted by Gasteiger charge is 2.49. The van der Waals surface area contributed by atoms with Gasteiger partial charge in [-0.1, -0.05) is 11.6 Å². The molecule has 0 saturated heterocycles. The summed E-state index contributed by atoms with van der Waals surface area (Å²) in [6, 6.07) is 2.92. The number of fused-ring (bicyclic) bond motifs is 1. The van der Waals surface area contributed by atoms with Gasteiger partial charge in [-0.15, -0.1) is 0 Å². The number of rotatable bonds is 4. The maximum atomic E-state index is 14.3. The molecule has 1 N–H and O–H groups in total. The van der Waals surface area contributed by atoms with E-state index >= 15 is 0 Å². The second kappa shape index (κ2) is 7.35. The summed E-state index contributed by atoms with van der Waals surface area (Å²) in [5, 5.41) is 1.78. The molecule has 4 rings (SSSR count). The minimum absolute atomic E-state index is 0.00457. The van der Waals surface area contributed by atoms with Crippen LogP contribution in [0.25, 0.3) is 16.9 Å². The standard InChI is InChI=1S/C19H13ClF4N4O2/c20-13-6-5-10-14(29)11(18(30)27-15(9-3-4-9)19(22,23)24)8-28(16(10)26-13)17-12(21)2-1-7-25-17/h1-2,5-9,15H,3-4H2,(H,27,30)/t15-/m1/s1. The third-order valence-corrected chi connectivity index (χ3v) is 4.97. The van der Waals surface area contributed by atoms with E-state index in [0.717, 1.165) is 16.8 Å². The van der Waals surface area contributed by atoms with Gasteiger partial charge < -0.3 is 5.32 Å². The van der Waals surface area contributed by atoms with E-state index in [0.29, 0.717) is 12.8 Å². The van der Waals surface area contributed by atoms with Gasteiger partial charge >= 0.3 is 6.18 Å². The molecular weight excluding hydrogens is 428 g/mol. The van der Waals surface area contributed by atoms with Crippen molar-refractivity contribution in [1.29, 1.82) is 0 Å². The van der Waals surface area contributed by atoms with Crippen molar-refractivity contribution in [3.63, 3.8) is 0 Å². The predicted octanol–water partition coefficient (Wildman–Crippen LogP) is 3.64. The lowest BCUT2D eigenvalue weighted by Crippen LogP contribution is -2.48. The molecule has 0 radical (unpaired) electrons. The number of alkyl halides is 3. The van der Waals surface area contributed by atoms with Crippen LogP contribution in [0, 0.1) is 11.7 Å². The number of nitrogens with one attached hydrogen (secondary N) is 1. The number of halogens is 5. The Morgan fingerprint density at radius 1 is 1.27 bits per heavy atom. The van der Waals surface area contributed by atoms with E-state index in [2.05, 4.69) is 9.97 Å². The highest BCUT2D eigenvalue weighted by Crippen LogP contribution is 2.40. The molecule has 1 fully saturated rings. The van der Waals surface area contributed by atoms with E-state index in [4.69, 9.17) is 11.6 Å². The summed E-state index contributed by atoms with van der Waals surface area (Å²) >= 11 is 5.89. The molecule has 0 spiro atoms. The second-order valence-electron chi connectivity index (χ2n) is 6.89. The molecule has 156 valence electrons. The van der Waals surface area contributed by atoms with Crippen molar-refractivity contribution < 1.29 is 22.4 Å². The molecule has 3 aromatic heterocycles. The van der Waals surface area contributed by atoms with E-state index in [1.807, 2.05) is 5.32 Å². The number of carbonyl (C=O) groups is 1. The Labute approximate surface area is 171 Å². The zero-order valence-corrected chi connectivity index (χ0v) is 15.8. The second-order valence-corrected chi connectivity index (χ2v) is 7.27. The molecule has 1 aliphatic rings. The number of pyridine rings is 3. The Morgan fingerprint density at radius 3 is 2.63 bits per heavy atom. The number of nitrogens with zero attached hydrogens (tertiary/aromatic N) is 3. The molecule has 6 nitrogen and oxygen atoms in total. The summed E-state index contributed by atoms with van der Waals surface area (Å²) in [5.41, 5.74) is -1.53. The van der Waals surface area contributed by atoms with Gasteiger partial charge in [0.05, 0.1) is 5.39 Å². The third kappa shape index (κ3) is 3.74. The van der Waals surface area contributed by atoms with Crippen LogP contribution >= 0.6 is 11.6 Å². The average molecular weight is 441 g/mol. The van der Waals surface area contributed by atoms with Crippen molar-refractivity contribution in [2.45, 2.75) is 25.1 Å². The third-order valence-electron chi connectivity index (χ3n) is 4.76. The number of hydrogen-bond acceptors (Lipinski definition) is 4. The van der Waals surface area contributed by atoms with Gasteiger partial charge in [0.15, 0.2) is 17.3 Å². The number of aromatic nitrogens is 3. The van der Waals surface area contributed by atoms with Crippen LogP contribution in [0.5, 0.6) is 0 Å². The molecule has 1 aliphatic carbocycles. The molecule has 0 aliphatic heterocycles. The van der Waals surface area contributed by atoms with Gasteiger partial charge in [-0.3, -0.25) is 14.2 Å². The zero-order valence-electron chi connectivity index (χ0n) is 15.1. The zero-order chi connectivity index (χ0) is 21.6. The first-order valence-corrected chi connectivity index (χ1v) is 9.25. The molecular formula is C19H13ClF4N4O2. The van der Waals surface area contributed by atoms with E-state index in [9.17, 15) is 27.2 Å². The Bertz CT molecular complexity index is 1210. The van der Waals surface area contributed by atoms with Gasteiger partial charge in [-0.2, -0.15) is 13.2 Å². The van der Waals surface area contributed by atoms with Crippen molar-refractivity contribution >= 4 is 28.5 Å². The van der Waals surface area contributed by atoms with Crippen molar-refractivity contribution in [3.05, 3.63) is 63.4 Å². The fourth-order valence-corrected chi connectivity index (χ4v) is 3.32. The minimum Gasteiger partial charge on any atom is -0.340 e. The summed E-state index contributed by atoms with van der Waals surface area (Å²) < 4.78 is 55.3. The topological polar surface area (TPSA) is 76.9 Å². The van der Waals surface area contributed by atoms with E-state index < -0.39 is 40.9 Å². The summed E-state index contributed by atoms with van der Waals surface area (Å²) in [4.78, 5) is 33.4. The van der Waals surface area contributed by atoms with Crippen LogP contribution in [0.4, 0.5) is 17.6 Å². The van der Waals surface area contributed by atoms with Gasteiger partial charge in [-0.25, -0.2) is 14.4 Å². The largest absolute Gasteiger partial charge is 0.408 e. The van der Waals surface area contributed by atoms with E-state index in [1.54, 1.807) is 0 Å². The van der Waals surface area contributed by atoms with Crippen LogP contribution in [0.1, 0.15) is 23.2 Å². The van der Waals surface area contributed by atoms with Crippen LogP contribution < -0.4 is 10.7 Å². The molecule has 1 atom stereocenters. The van der Waals surface area contributed by atoms with Crippen molar-refractivity contribution in [2.24, 2.45) is 5.92 Å². The summed E-state index contributed by atoms with van der Waals surface area (Å²) in [5.74, 6) is -3.02. The fourth-order valence-electron chi connectivity index (χ4n) is 3.17. The Balaban J connectivity index is 1.88. The van der Waals surface area contributed by atoms with Crippen LogP contribution in [-0.2, 0) is 0 Å². The van der Waals surface area contributed by atoms with Crippen LogP contribution in [0.15, 0.2) is 41.5 Å². The molecule has 1 saturated carbocycles. The summed E-state index contributed by atoms with van der Waals surface area (Å²) in [6.07, 6.45) is -1.80. The SMILES string of the molecule is O=C(N[C@H](C1CC1)C(F)(F)F)c1cn(-c2ncccc2F)c2nc(Cl)ccc2c1=O. The Hall–Kier alpha value is -3.01. The van der Waals surface area contributed by atoms with Gasteiger partial charge in [0.1, 0.15) is 16.8 Å². The van der Waals surface area contributed by atoms with Gasteiger partial charge in [0.25, 0.3) is 5.91 Å². The van der Waals surface area contributed by atoms with Crippen molar-refractivity contribution in [3.8, 4) is 5.82 Å². The Kier molecular flexibility index (Phi) is 4.97. The van der Waals surface area contributed by atoms with Crippen LogP contribution in [0.2, 0.25) is 5.15 Å². The molecule has 3 heterocycles. The average Bonchev–Trinajstić information content (AvgIpc) is 3.51. The monoisotopic (exact) mass is 440 g/mol. The quantitative estimate of drug-likeness (QED) is 0.496. The predicted molar refractivity (Wildman–Crippen MR) is 100 cm³/mol.